The van der Waals surface area contributed by atoms with Crippen molar-refractivity contribution in [1.29, 1.82) is 0 Å². The summed E-state index contributed by atoms with van der Waals surface area (Å²) < 4.78 is 5.49. The number of nitrogens with one attached hydrogen (secondary N) is 1. The number of hydrogen-bond donors (Lipinski definition) is 1. The zero-order valence-corrected chi connectivity index (χ0v) is 13.9. The average molecular weight is 325 g/mol. The fourth-order valence-electron chi connectivity index (χ4n) is 3.08. The Morgan fingerprint density at radius 3 is 2.83 bits per heavy atom. The van der Waals surface area contributed by atoms with Crippen molar-refractivity contribution < 1.29 is 9.53 Å². The van der Waals surface area contributed by atoms with Crippen molar-refractivity contribution in [3.8, 4) is 5.75 Å². The number of likely N-dealkylation sites (tertiary alicyclic amines) is 1. The van der Waals surface area contributed by atoms with Crippen molar-refractivity contribution >= 4 is 6.03 Å². The smallest absolute Gasteiger partial charge is 0.318 e. The summed E-state index contributed by atoms with van der Waals surface area (Å²) in [6, 6.07) is 13.9. The van der Waals surface area contributed by atoms with Crippen LogP contribution in [0.2, 0.25) is 0 Å². The van der Waals surface area contributed by atoms with Crippen LogP contribution in [-0.2, 0) is 6.54 Å². The topological polar surface area (TPSA) is 54.5 Å². The van der Waals surface area contributed by atoms with E-state index in [1.54, 1.807) is 6.20 Å². The van der Waals surface area contributed by atoms with Gasteiger partial charge in [-0.1, -0.05) is 18.2 Å². The largest absolute Gasteiger partial charge is 0.494 e. The molecule has 126 valence electrons. The Balaban J connectivity index is 1.63. The molecule has 1 N–H and O–H groups in total. The molecule has 3 rings (SSSR count). The molecule has 2 aromatic rings. The van der Waals surface area contributed by atoms with Gasteiger partial charge in [-0.3, -0.25) is 4.98 Å². The summed E-state index contributed by atoms with van der Waals surface area (Å²) in [5.41, 5.74) is 2.02. The van der Waals surface area contributed by atoms with Crippen molar-refractivity contribution in [2.75, 3.05) is 13.2 Å². The summed E-state index contributed by atoms with van der Waals surface area (Å²) in [6.07, 6.45) is 3.75. The van der Waals surface area contributed by atoms with Crippen molar-refractivity contribution in [2.45, 2.75) is 32.4 Å². The van der Waals surface area contributed by atoms with E-state index < -0.39 is 0 Å². The molecule has 0 saturated carbocycles. The van der Waals surface area contributed by atoms with E-state index in [9.17, 15) is 4.79 Å². The molecule has 0 aliphatic carbocycles. The average Bonchev–Trinajstić information content (AvgIpc) is 3.11. The second kappa shape index (κ2) is 7.81. The quantitative estimate of drug-likeness (QED) is 0.915. The Labute approximate surface area is 142 Å². The van der Waals surface area contributed by atoms with E-state index in [4.69, 9.17) is 4.74 Å². The van der Waals surface area contributed by atoms with Crippen LogP contribution in [0.1, 0.15) is 37.1 Å². The Morgan fingerprint density at radius 1 is 1.29 bits per heavy atom. The minimum Gasteiger partial charge on any atom is -0.494 e. The lowest BCUT2D eigenvalue weighted by Gasteiger charge is -2.25. The second-order valence-electron chi connectivity index (χ2n) is 5.83. The molecule has 5 nitrogen and oxygen atoms in total. The summed E-state index contributed by atoms with van der Waals surface area (Å²) in [7, 11) is 0. The first-order chi connectivity index (χ1) is 11.8. The third kappa shape index (κ3) is 3.85. The molecule has 0 bridgehead atoms. The first-order valence-electron chi connectivity index (χ1n) is 8.45. The van der Waals surface area contributed by atoms with Crippen LogP contribution in [0.5, 0.6) is 5.75 Å². The van der Waals surface area contributed by atoms with Gasteiger partial charge >= 0.3 is 6.03 Å². The molecule has 1 unspecified atom stereocenters. The van der Waals surface area contributed by atoms with Crippen LogP contribution in [-0.4, -0.2) is 29.1 Å². The summed E-state index contributed by atoms with van der Waals surface area (Å²) in [4.78, 5) is 18.7. The maximum atomic E-state index is 12.5. The highest BCUT2D eigenvalue weighted by atomic mass is 16.5. The molecule has 2 amide bonds. The lowest BCUT2D eigenvalue weighted by atomic mass is 10.0. The van der Waals surface area contributed by atoms with Crippen LogP contribution >= 0.6 is 0 Å². The molecule has 1 aliphatic heterocycles. The predicted octanol–water partition coefficient (Wildman–Crippen LogP) is 3.53. The molecule has 1 aromatic heterocycles. The lowest BCUT2D eigenvalue weighted by Crippen LogP contribution is -2.39. The number of hydrogen-bond acceptors (Lipinski definition) is 3. The maximum Gasteiger partial charge on any atom is 0.318 e. The highest BCUT2D eigenvalue weighted by Gasteiger charge is 2.29. The van der Waals surface area contributed by atoms with E-state index in [1.165, 1.54) is 0 Å². The van der Waals surface area contributed by atoms with E-state index in [1.807, 2.05) is 42.2 Å². The second-order valence-corrected chi connectivity index (χ2v) is 5.83. The van der Waals surface area contributed by atoms with Gasteiger partial charge in [0.15, 0.2) is 0 Å². The molecule has 1 aromatic carbocycles. The van der Waals surface area contributed by atoms with E-state index in [-0.39, 0.29) is 12.1 Å². The highest BCUT2D eigenvalue weighted by Crippen LogP contribution is 2.32. The van der Waals surface area contributed by atoms with Gasteiger partial charge in [0.05, 0.1) is 24.9 Å². The van der Waals surface area contributed by atoms with Gasteiger partial charge in [0.1, 0.15) is 5.75 Å². The zero-order chi connectivity index (χ0) is 16.8. The Hall–Kier alpha value is -2.56. The van der Waals surface area contributed by atoms with Crippen LogP contribution in [0, 0.1) is 0 Å². The van der Waals surface area contributed by atoms with Crippen LogP contribution in [0.25, 0.3) is 0 Å². The van der Waals surface area contributed by atoms with E-state index in [2.05, 4.69) is 22.4 Å². The number of amides is 2. The van der Waals surface area contributed by atoms with Gasteiger partial charge in [-0.05, 0) is 49.6 Å². The van der Waals surface area contributed by atoms with Gasteiger partial charge in [-0.25, -0.2) is 4.79 Å². The van der Waals surface area contributed by atoms with Gasteiger partial charge in [-0.15, -0.1) is 0 Å². The van der Waals surface area contributed by atoms with Crippen molar-refractivity contribution in [3.05, 3.63) is 59.9 Å². The van der Waals surface area contributed by atoms with Crippen LogP contribution < -0.4 is 10.1 Å². The zero-order valence-electron chi connectivity index (χ0n) is 13.9. The van der Waals surface area contributed by atoms with Crippen molar-refractivity contribution in [1.82, 2.24) is 15.2 Å². The summed E-state index contributed by atoms with van der Waals surface area (Å²) in [5, 5.41) is 2.97. The van der Waals surface area contributed by atoms with E-state index in [0.29, 0.717) is 13.2 Å². The predicted molar refractivity (Wildman–Crippen MR) is 92.8 cm³/mol. The molecule has 0 radical (unpaired) electrons. The van der Waals surface area contributed by atoms with Crippen LogP contribution in [0.4, 0.5) is 4.79 Å². The molecule has 1 fully saturated rings. The number of nitrogens with zero attached hydrogens (tertiary/aromatic N) is 2. The molecule has 2 heterocycles. The van der Waals surface area contributed by atoms with Gasteiger partial charge in [-0.2, -0.15) is 0 Å². The van der Waals surface area contributed by atoms with Gasteiger partial charge in [0.2, 0.25) is 0 Å². The fraction of sp³-hybridized carbons (Fsp3) is 0.368. The summed E-state index contributed by atoms with van der Waals surface area (Å²) in [6.45, 7) is 3.86. The molecule has 1 atom stereocenters. The van der Waals surface area contributed by atoms with Crippen molar-refractivity contribution in [2.24, 2.45) is 0 Å². The molecular formula is C19H23N3O2. The number of carbonyl (C=O) groups excluding carboxylic acids is 1. The summed E-state index contributed by atoms with van der Waals surface area (Å²) in [5.74, 6) is 0.866. The standard InChI is InChI=1S/C19H23N3O2/c1-2-24-17-10-8-15(9-11-17)18-7-5-13-22(18)19(23)21-14-16-6-3-4-12-20-16/h3-4,6,8-12,18H,2,5,7,13-14H2,1H3,(H,21,23). The van der Waals surface area contributed by atoms with Gasteiger partial charge in [0.25, 0.3) is 0 Å². The fourth-order valence-corrected chi connectivity index (χ4v) is 3.08. The first-order valence-corrected chi connectivity index (χ1v) is 8.45. The SMILES string of the molecule is CCOc1ccc(C2CCCN2C(=O)NCc2ccccn2)cc1. The Morgan fingerprint density at radius 2 is 2.12 bits per heavy atom. The Bertz CT molecular complexity index is 658. The number of pyridine rings is 1. The normalized spacial score (nSPS) is 16.9. The molecular weight excluding hydrogens is 302 g/mol. The molecule has 5 heteroatoms. The third-order valence-corrected chi connectivity index (χ3v) is 4.24. The Kier molecular flexibility index (Phi) is 5.31. The summed E-state index contributed by atoms with van der Waals surface area (Å²) >= 11 is 0. The number of ether oxygens (including phenoxy) is 1. The molecule has 24 heavy (non-hydrogen) atoms. The number of aromatic nitrogens is 1. The van der Waals surface area contributed by atoms with E-state index in [0.717, 1.165) is 36.4 Å². The van der Waals surface area contributed by atoms with Gasteiger partial charge < -0.3 is 15.0 Å². The molecule has 1 aliphatic rings. The van der Waals surface area contributed by atoms with Crippen molar-refractivity contribution in [3.63, 3.8) is 0 Å². The number of carbonyl (C=O) groups is 1. The molecule has 0 spiro atoms. The minimum absolute atomic E-state index is 0.0305. The maximum absolute atomic E-state index is 12.5. The number of urea groups is 1. The van der Waals surface area contributed by atoms with Crippen LogP contribution in [0.15, 0.2) is 48.7 Å². The highest BCUT2D eigenvalue weighted by molar-refractivity contribution is 5.75. The van der Waals surface area contributed by atoms with E-state index >= 15 is 0 Å². The molecule has 1 saturated heterocycles. The number of rotatable bonds is 5. The monoisotopic (exact) mass is 325 g/mol. The van der Waals surface area contributed by atoms with Gasteiger partial charge in [0, 0.05) is 12.7 Å². The third-order valence-electron chi connectivity index (χ3n) is 4.24. The lowest BCUT2D eigenvalue weighted by molar-refractivity contribution is 0.192. The van der Waals surface area contributed by atoms with Crippen LogP contribution in [0.3, 0.4) is 0 Å². The number of benzene rings is 1. The minimum atomic E-state index is -0.0305. The first kappa shape index (κ1) is 16.3.